The highest BCUT2D eigenvalue weighted by molar-refractivity contribution is 6.34. The lowest BCUT2D eigenvalue weighted by molar-refractivity contribution is 0.414. The summed E-state index contributed by atoms with van der Waals surface area (Å²) in [5, 5.41) is 4.54. The van der Waals surface area contributed by atoms with Crippen LogP contribution < -0.4 is 10.1 Å². The highest BCUT2D eigenvalue weighted by Gasteiger charge is 2.17. The molecule has 0 aliphatic heterocycles. The number of hydrogen-bond donors (Lipinski definition) is 1. The number of hydrogen-bond acceptors (Lipinski definition) is 2. The molecule has 2 aromatic carbocycles. The zero-order chi connectivity index (χ0) is 15.4. The van der Waals surface area contributed by atoms with Crippen LogP contribution in [0.15, 0.2) is 36.4 Å². The number of nitrogens with one attached hydrogen (secondary N) is 1. The number of ether oxygens (including phenoxy) is 1. The predicted octanol–water partition coefficient (Wildman–Crippen LogP) is 4.81. The zero-order valence-electron chi connectivity index (χ0n) is 12.4. The fourth-order valence-corrected chi connectivity index (χ4v) is 2.93. The maximum atomic E-state index is 6.38. The maximum Gasteiger partial charge on any atom is 0.138 e. The van der Waals surface area contributed by atoms with Gasteiger partial charge in [0.15, 0.2) is 0 Å². The van der Waals surface area contributed by atoms with Gasteiger partial charge < -0.3 is 10.1 Å². The second-order valence-electron chi connectivity index (χ2n) is 4.98. The Morgan fingerprint density at radius 2 is 1.86 bits per heavy atom. The third kappa shape index (κ3) is 3.70. The van der Waals surface area contributed by atoms with Crippen molar-refractivity contribution in [1.29, 1.82) is 0 Å². The first-order valence-corrected chi connectivity index (χ1v) is 7.57. The van der Waals surface area contributed by atoms with E-state index >= 15 is 0 Å². The van der Waals surface area contributed by atoms with Crippen molar-refractivity contribution in [2.75, 3.05) is 14.2 Å². The molecule has 0 aliphatic carbocycles. The summed E-state index contributed by atoms with van der Waals surface area (Å²) in [5.41, 5.74) is 3.54. The number of likely N-dealkylation sites (N-methyl/N-ethyl adjacent to an activating group) is 1. The van der Waals surface area contributed by atoms with E-state index < -0.39 is 0 Å². The number of halogens is 2. The van der Waals surface area contributed by atoms with Gasteiger partial charge >= 0.3 is 0 Å². The number of benzene rings is 2. The molecule has 0 aliphatic rings. The van der Waals surface area contributed by atoms with E-state index in [2.05, 4.69) is 30.4 Å². The molecule has 1 N–H and O–H groups in total. The first-order valence-electron chi connectivity index (χ1n) is 6.81. The molecule has 0 radical (unpaired) electrons. The Hall–Kier alpha value is -1.22. The van der Waals surface area contributed by atoms with E-state index in [1.165, 1.54) is 11.1 Å². The molecular weight excluding hydrogens is 305 g/mol. The van der Waals surface area contributed by atoms with Gasteiger partial charge in [0.25, 0.3) is 0 Å². The standard InChI is InChI=1S/C17H19Cl2NO/c1-11-6-4-5-7-12(11)8-16(20-2)13-9-15(19)17(21-3)10-14(13)18/h4-7,9-10,16,20H,8H2,1-3H3. The molecule has 1 atom stereocenters. The summed E-state index contributed by atoms with van der Waals surface area (Å²) >= 11 is 12.6. The van der Waals surface area contributed by atoms with Crippen molar-refractivity contribution in [3.05, 3.63) is 63.1 Å². The SMILES string of the molecule is CNC(Cc1ccccc1C)c1cc(Cl)c(OC)cc1Cl. The van der Waals surface area contributed by atoms with E-state index in [-0.39, 0.29) is 6.04 Å². The minimum absolute atomic E-state index is 0.0991. The van der Waals surface area contributed by atoms with Crippen molar-refractivity contribution in [1.82, 2.24) is 5.32 Å². The van der Waals surface area contributed by atoms with Crippen LogP contribution in [-0.2, 0) is 6.42 Å². The van der Waals surface area contributed by atoms with Gasteiger partial charge in [-0.15, -0.1) is 0 Å². The van der Waals surface area contributed by atoms with Crippen LogP contribution in [0.25, 0.3) is 0 Å². The van der Waals surface area contributed by atoms with Crippen LogP contribution in [0.2, 0.25) is 10.0 Å². The van der Waals surface area contributed by atoms with Crippen molar-refractivity contribution in [2.24, 2.45) is 0 Å². The van der Waals surface area contributed by atoms with Crippen molar-refractivity contribution >= 4 is 23.2 Å². The van der Waals surface area contributed by atoms with E-state index in [9.17, 15) is 0 Å². The summed E-state index contributed by atoms with van der Waals surface area (Å²) in [5.74, 6) is 0.594. The molecule has 0 aromatic heterocycles. The summed E-state index contributed by atoms with van der Waals surface area (Å²) in [6.45, 7) is 2.12. The summed E-state index contributed by atoms with van der Waals surface area (Å²) < 4.78 is 5.19. The van der Waals surface area contributed by atoms with Gasteiger partial charge in [-0.1, -0.05) is 47.5 Å². The van der Waals surface area contributed by atoms with Crippen LogP contribution in [0.1, 0.15) is 22.7 Å². The molecule has 112 valence electrons. The van der Waals surface area contributed by atoms with Crippen LogP contribution in [0.4, 0.5) is 0 Å². The Balaban J connectivity index is 2.34. The Bertz CT molecular complexity index is 628. The molecule has 2 aromatic rings. The van der Waals surface area contributed by atoms with Gasteiger partial charge in [-0.05, 0) is 43.1 Å². The van der Waals surface area contributed by atoms with Gasteiger partial charge in [-0.3, -0.25) is 0 Å². The molecular formula is C17H19Cl2NO. The average Bonchev–Trinajstić information content (AvgIpc) is 2.48. The van der Waals surface area contributed by atoms with Crippen LogP contribution in [0.3, 0.4) is 0 Å². The van der Waals surface area contributed by atoms with E-state index in [1.807, 2.05) is 19.2 Å². The lowest BCUT2D eigenvalue weighted by atomic mass is 9.96. The molecule has 2 nitrogen and oxygen atoms in total. The molecule has 2 rings (SSSR count). The summed E-state index contributed by atoms with van der Waals surface area (Å²) in [7, 11) is 3.51. The van der Waals surface area contributed by atoms with Gasteiger partial charge in [-0.25, -0.2) is 0 Å². The van der Waals surface area contributed by atoms with Crippen molar-refractivity contribution in [2.45, 2.75) is 19.4 Å². The molecule has 0 heterocycles. The lowest BCUT2D eigenvalue weighted by Gasteiger charge is -2.20. The minimum atomic E-state index is 0.0991. The average molecular weight is 324 g/mol. The second kappa shape index (κ2) is 7.17. The Labute approximate surface area is 136 Å². The third-order valence-corrected chi connectivity index (χ3v) is 4.30. The largest absolute Gasteiger partial charge is 0.495 e. The first kappa shape index (κ1) is 16.2. The zero-order valence-corrected chi connectivity index (χ0v) is 13.9. The molecule has 0 saturated heterocycles. The van der Waals surface area contributed by atoms with Gasteiger partial charge in [0.1, 0.15) is 5.75 Å². The molecule has 0 amide bonds. The predicted molar refractivity (Wildman–Crippen MR) is 89.7 cm³/mol. The summed E-state index contributed by atoms with van der Waals surface area (Å²) in [6.07, 6.45) is 0.853. The first-order chi connectivity index (χ1) is 10.1. The van der Waals surface area contributed by atoms with E-state index in [0.717, 1.165) is 12.0 Å². The Morgan fingerprint density at radius 1 is 1.14 bits per heavy atom. The van der Waals surface area contributed by atoms with Crippen LogP contribution >= 0.6 is 23.2 Å². The van der Waals surface area contributed by atoms with Crippen LogP contribution in [0, 0.1) is 6.92 Å². The van der Waals surface area contributed by atoms with Crippen LogP contribution in [0.5, 0.6) is 5.75 Å². The molecule has 4 heteroatoms. The lowest BCUT2D eigenvalue weighted by Crippen LogP contribution is -2.19. The monoisotopic (exact) mass is 323 g/mol. The second-order valence-corrected chi connectivity index (χ2v) is 5.79. The fourth-order valence-electron chi connectivity index (χ4n) is 2.39. The fraction of sp³-hybridized carbons (Fsp3) is 0.294. The van der Waals surface area contributed by atoms with Gasteiger partial charge in [0, 0.05) is 17.1 Å². The number of aryl methyl sites for hydroxylation is 1. The molecule has 0 bridgehead atoms. The quantitative estimate of drug-likeness (QED) is 0.852. The van der Waals surface area contributed by atoms with E-state index in [1.54, 1.807) is 13.2 Å². The van der Waals surface area contributed by atoms with Gasteiger partial charge in [0.2, 0.25) is 0 Å². The summed E-state index contributed by atoms with van der Waals surface area (Å²) in [4.78, 5) is 0. The highest BCUT2D eigenvalue weighted by Crippen LogP contribution is 2.35. The Kier molecular flexibility index (Phi) is 5.51. The van der Waals surface area contributed by atoms with Crippen LogP contribution in [-0.4, -0.2) is 14.2 Å². The van der Waals surface area contributed by atoms with Gasteiger partial charge in [-0.2, -0.15) is 0 Å². The number of rotatable bonds is 5. The molecule has 0 spiro atoms. The molecule has 21 heavy (non-hydrogen) atoms. The normalized spacial score (nSPS) is 12.2. The molecule has 0 fully saturated rings. The third-order valence-electron chi connectivity index (χ3n) is 3.68. The van der Waals surface area contributed by atoms with E-state index in [4.69, 9.17) is 27.9 Å². The van der Waals surface area contributed by atoms with Crippen molar-refractivity contribution in [3.63, 3.8) is 0 Å². The Morgan fingerprint density at radius 3 is 2.48 bits per heavy atom. The van der Waals surface area contributed by atoms with Gasteiger partial charge in [0.05, 0.1) is 12.1 Å². The smallest absolute Gasteiger partial charge is 0.138 e. The van der Waals surface area contributed by atoms with Crippen molar-refractivity contribution < 1.29 is 4.74 Å². The summed E-state index contributed by atoms with van der Waals surface area (Å²) in [6, 6.07) is 12.1. The minimum Gasteiger partial charge on any atom is -0.495 e. The van der Waals surface area contributed by atoms with Crippen molar-refractivity contribution in [3.8, 4) is 5.75 Å². The topological polar surface area (TPSA) is 21.3 Å². The maximum absolute atomic E-state index is 6.38. The van der Waals surface area contributed by atoms with E-state index in [0.29, 0.717) is 15.8 Å². The molecule has 0 saturated carbocycles. The highest BCUT2D eigenvalue weighted by atomic mass is 35.5. The molecule has 1 unspecified atom stereocenters. The number of methoxy groups -OCH3 is 1.